The monoisotopic (exact) mass is 372 g/mol. The van der Waals surface area contributed by atoms with Gasteiger partial charge in [-0.1, -0.05) is 6.07 Å². The molecule has 0 bridgehead atoms. The predicted octanol–water partition coefficient (Wildman–Crippen LogP) is 3.16. The lowest BCUT2D eigenvalue weighted by Crippen LogP contribution is -2.14. The predicted molar refractivity (Wildman–Crippen MR) is 84.0 cm³/mol. The molecule has 0 fully saturated rings. The Labute approximate surface area is 131 Å². The molecule has 0 aliphatic carbocycles. The molecule has 0 spiro atoms. The molecule has 0 unspecified atom stereocenters. The van der Waals surface area contributed by atoms with Gasteiger partial charge in [0.25, 0.3) is 10.0 Å². The third-order valence-electron chi connectivity index (χ3n) is 3.02. The van der Waals surface area contributed by atoms with E-state index >= 15 is 0 Å². The molecule has 0 aliphatic heterocycles. The molecule has 0 amide bonds. The summed E-state index contributed by atoms with van der Waals surface area (Å²) < 4.78 is 40.7. The number of benzene rings is 2. The Bertz CT molecular complexity index is 779. The van der Waals surface area contributed by atoms with Crippen LogP contribution in [0, 0.1) is 12.7 Å². The summed E-state index contributed by atoms with van der Waals surface area (Å²) in [6, 6.07) is 8.49. The summed E-state index contributed by atoms with van der Waals surface area (Å²) in [6.45, 7) is 2.11. The molecule has 0 aliphatic rings. The van der Waals surface area contributed by atoms with Crippen molar-refractivity contribution in [3.05, 3.63) is 57.8 Å². The molecule has 21 heavy (non-hydrogen) atoms. The Hall–Kier alpha value is -1.44. The van der Waals surface area contributed by atoms with Gasteiger partial charge in [-0.15, -0.1) is 0 Å². The maximum absolute atomic E-state index is 13.2. The van der Waals surface area contributed by atoms with Gasteiger partial charge in [0, 0.05) is 11.0 Å². The van der Waals surface area contributed by atoms with Crippen LogP contribution >= 0.6 is 15.9 Å². The molecule has 4 nitrogen and oxygen atoms in total. The number of halogens is 2. The standard InChI is InChI=1S/C14H14BrFN2O2S/c1-9-2-4-12(6-10(9)8-17)21(19,20)18-14-7-11(16)3-5-13(14)15/h2-7,18H,8,17H2,1H3. The molecule has 0 atom stereocenters. The van der Waals surface area contributed by atoms with E-state index in [0.29, 0.717) is 4.47 Å². The fourth-order valence-electron chi connectivity index (χ4n) is 1.81. The van der Waals surface area contributed by atoms with Gasteiger partial charge in [-0.05, 0) is 64.3 Å². The molecule has 112 valence electrons. The van der Waals surface area contributed by atoms with Crippen LogP contribution in [0.1, 0.15) is 11.1 Å². The molecule has 2 aromatic carbocycles. The van der Waals surface area contributed by atoms with Crippen LogP contribution in [0.25, 0.3) is 0 Å². The number of aryl methyl sites for hydroxylation is 1. The number of hydrogen-bond acceptors (Lipinski definition) is 3. The van der Waals surface area contributed by atoms with E-state index in [1.807, 2.05) is 6.92 Å². The zero-order chi connectivity index (χ0) is 15.6. The van der Waals surface area contributed by atoms with Crippen LogP contribution in [0.3, 0.4) is 0 Å². The van der Waals surface area contributed by atoms with E-state index in [1.54, 1.807) is 6.07 Å². The second kappa shape index (κ2) is 6.13. The van der Waals surface area contributed by atoms with E-state index in [2.05, 4.69) is 20.7 Å². The zero-order valence-corrected chi connectivity index (χ0v) is 13.6. The number of hydrogen-bond donors (Lipinski definition) is 2. The van der Waals surface area contributed by atoms with Crippen LogP contribution in [-0.4, -0.2) is 8.42 Å². The number of nitrogens with one attached hydrogen (secondary N) is 1. The van der Waals surface area contributed by atoms with Crippen molar-refractivity contribution < 1.29 is 12.8 Å². The summed E-state index contributed by atoms with van der Waals surface area (Å²) in [7, 11) is -3.80. The number of rotatable bonds is 4. The van der Waals surface area contributed by atoms with E-state index in [1.165, 1.54) is 24.3 Å². The van der Waals surface area contributed by atoms with Crippen molar-refractivity contribution in [3.8, 4) is 0 Å². The van der Waals surface area contributed by atoms with E-state index in [-0.39, 0.29) is 17.1 Å². The van der Waals surface area contributed by atoms with E-state index in [0.717, 1.165) is 17.2 Å². The van der Waals surface area contributed by atoms with E-state index in [4.69, 9.17) is 5.73 Å². The van der Waals surface area contributed by atoms with Crippen molar-refractivity contribution in [3.63, 3.8) is 0 Å². The van der Waals surface area contributed by atoms with Gasteiger partial charge < -0.3 is 5.73 Å². The van der Waals surface area contributed by atoms with Gasteiger partial charge in [-0.25, -0.2) is 12.8 Å². The van der Waals surface area contributed by atoms with Gasteiger partial charge >= 0.3 is 0 Å². The van der Waals surface area contributed by atoms with Gasteiger partial charge in [0.1, 0.15) is 5.82 Å². The van der Waals surface area contributed by atoms with Crippen molar-refractivity contribution in [2.75, 3.05) is 4.72 Å². The summed E-state index contributed by atoms with van der Waals surface area (Å²) in [4.78, 5) is 0.0877. The van der Waals surface area contributed by atoms with Crippen LogP contribution in [0.15, 0.2) is 45.8 Å². The summed E-state index contributed by atoms with van der Waals surface area (Å²) in [6.07, 6.45) is 0. The average molecular weight is 373 g/mol. The highest BCUT2D eigenvalue weighted by Gasteiger charge is 2.17. The molecule has 0 radical (unpaired) electrons. The summed E-state index contributed by atoms with van der Waals surface area (Å²) in [5, 5.41) is 0. The van der Waals surface area contributed by atoms with Crippen LogP contribution in [0.5, 0.6) is 0 Å². The Morgan fingerprint density at radius 2 is 1.95 bits per heavy atom. The van der Waals surface area contributed by atoms with Gasteiger partial charge in [-0.2, -0.15) is 0 Å². The SMILES string of the molecule is Cc1ccc(S(=O)(=O)Nc2cc(F)ccc2Br)cc1CN. The molecular formula is C14H14BrFN2O2S. The van der Waals surface area contributed by atoms with Crippen molar-refractivity contribution >= 4 is 31.6 Å². The Kier molecular flexibility index (Phi) is 4.65. The second-order valence-corrected chi connectivity index (χ2v) is 7.06. The number of sulfonamides is 1. The van der Waals surface area contributed by atoms with Crippen molar-refractivity contribution in [2.45, 2.75) is 18.4 Å². The third-order valence-corrected chi connectivity index (χ3v) is 5.08. The minimum Gasteiger partial charge on any atom is -0.326 e. The summed E-state index contributed by atoms with van der Waals surface area (Å²) in [5.74, 6) is -0.526. The summed E-state index contributed by atoms with van der Waals surface area (Å²) >= 11 is 3.18. The maximum Gasteiger partial charge on any atom is 0.261 e. The topological polar surface area (TPSA) is 72.2 Å². The lowest BCUT2D eigenvalue weighted by Gasteiger charge is -2.12. The minimum absolute atomic E-state index is 0.0877. The highest BCUT2D eigenvalue weighted by atomic mass is 79.9. The molecule has 0 aromatic heterocycles. The first-order chi connectivity index (χ1) is 9.83. The fraction of sp³-hybridized carbons (Fsp3) is 0.143. The Balaban J connectivity index is 2.41. The lowest BCUT2D eigenvalue weighted by molar-refractivity contribution is 0.601. The molecular weight excluding hydrogens is 359 g/mol. The molecule has 0 saturated heterocycles. The summed E-state index contributed by atoms with van der Waals surface area (Å²) in [5.41, 5.74) is 7.40. The highest BCUT2D eigenvalue weighted by Crippen LogP contribution is 2.26. The van der Waals surface area contributed by atoms with Gasteiger partial charge in [0.15, 0.2) is 0 Å². The zero-order valence-electron chi connectivity index (χ0n) is 11.2. The van der Waals surface area contributed by atoms with Gasteiger partial charge in [0.05, 0.1) is 10.6 Å². The lowest BCUT2D eigenvalue weighted by atomic mass is 10.1. The van der Waals surface area contributed by atoms with E-state index < -0.39 is 15.8 Å². The largest absolute Gasteiger partial charge is 0.326 e. The van der Waals surface area contributed by atoms with Crippen LogP contribution in [0.2, 0.25) is 0 Å². The van der Waals surface area contributed by atoms with Gasteiger partial charge in [-0.3, -0.25) is 4.72 Å². The first kappa shape index (κ1) is 15.9. The van der Waals surface area contributed by atoms with Crippen molar-refractivity contribution in [1.29, 1.82) is 0 Å². The average Bonchev–Trinajstić information content (AvgIpc) is 2.43. The minimum atomic E-state index is -3.80. The molecule has 0 heterocycles. The van der Waals surface area contributed by atoms with Crippen LogP contribution < -0.4 is 10.5 Å². The maximum atomic E-state index is 13.2. The van der Waals surface area contributed by atoms with Crippen molar-refractivity contribution in [2.24, 2.45) is 5.73 Å². The van der Waals surface area contributed by atoms with Crippen LogP contribution in [0.4, 0.5) is 10.1 Å². The Morgan fingerprint density at radius 1 is 1.24 bits per heavy atom. The van der Waals surface area contributed by atoms with Gasteiger partial charge in [0.2, 0.25) is 0 Å². The first-order valence-electron chi connectivity index (χ1n) is 6.11. The molecule has 3 N–H and O–H groups in total. The normalized spacial score (nSPS) is 11.4. The van der Waals surface area contributed by atoms with Crippen LogP contribution in [-0.2, 0) is 16.6 Å². The number of anilines is 1. The molecule has 2 rings (SSSR count). The first-order valence-corrected chi connectivity index (χ1v) is 8.38. The molecule has 7 heteroatoms. The smallest absolute Gasteiger partial charge is 0.261 e. The molecule has 0 saturated carbocycles. The second-order valence-electron chi connectivity index (χ2n) is 4.52. The van der Waals surface area contributed by atoms with Crippen molar-refractivity contribution in [1.82, 2.24) is 0 Å². The highest BCUT2D eigenvalue weighted by molar-refractivity contribution is 9.10. The number of nitrogens with two attached hydrogens (primary N) is 1. The molecule has 2 aromatic rings. The fourth-order valence-corrected chi connectivity index (χ4v) is 3.41. The quantitative estimate of drug-likeness (QED) is 0.865. The Morgan fingerprint density at radius 3 is 2.62 bits per heavy atom. The van der Waals surface area contributed by atoms with E-state index in [9.17, 15) is 12.8 Å². The third kappa shape index (κ3) is 3.61.